The summed E-state index contributed by atoms with van der Waals surface area (Å²) in [5.74, 6) is -1.55. The van der Waals surface area contributed by atoms with Gasteiger partial charge in [-0.3, -0.25) is 19.7 Å². The molecule has 22 heavy (non-hydrogen) atoms. The molecule has 120 valence electrons. The van der Waals surface area contributed by atoms with Crippen LogP contribution in [0.15, 0.2) is 18.2 Å². The van der Waals surface area contributed by atoms with Crippen LogP contribution in [0.3, 0.4) is 0 Å². The molecule has 8 nitrogen and oxygen atoms in total. The summed E-state index contributed by atoms with van der Waals surface area (Å²) in [5.41, 5.74) is -0.550. The molecule has 0 aliphatic heterocycles. The lowest BCUT2D eigenvalue weighted by Gasteiger charge is -2.20. The summed E-state index contributed by atoms with van der Waals surface area (Å²) < 4.78 is 5.24. The second-order valence-corrected chi connectivity index (χ2v) is 4.49. The highest BCUT2D eigenvalue weighted by molar-refractivity contribution is 5.99. The van der Waals surface area contributed by atoms with Crippen molar-refractivity contribution in [2.75, 3.05) is 19.7 Å². The highest BCUT2D eigenvalue weighted by Crippen LogP contribution is 2.25. The van der Waals surface area contributed by atoms with Crippen LogP contribution in [0.1, 0.15) is 30.6 Å². The Bertz CT molecular complexity index is 572. The molecule has 1 N–H and O–H groups in total. The minimum absolute atomic E-state index is 0.175. The molecule has 0 aromatic heterocycles. The zero-order valence-corrected chi connectivity index (χ0v) is 12.4. The van der Waals surface area contributed by atoms with Crippen LogP contribution >= 0.6 is 0 Å². The van der Waals surface area contributed by atoms with E-state index in [0.717, 1.165) is 4.90 Å². The van der Waals surface area contributed by atoms with Gasteiger partial charge in [0.15, 0.2) is 0 Å². The number of nitro groups is 1. The summed E-state index contributed by atoms with van der Waals surface area (Å²) in [6.45, 7) is 3.56. The fourth-order valence-electron chi connectivity index (χ4n) is 1.96. The molecule has 0 aliphatic carbocycles. The summed E-state index contributed by atoms with van der Waals surface area (Å²) in [6, 6.07) is 3.86. The van der Waals surface area contributed by atoms with Crippen molar-refractivity contribution in [3.8, 4) is 5.75 Å². The minimum Gasteiger partial charge on any atom is -0.494 e. The predicted molar refractivity (Wildman–Crippen MR) is 78.1 cm³/mol. The van der Waals surface area contributed by atoms with Crippen LogP contribution in [0.5, 0.6) is 5.75 Å². The van der Waals surface area contributed by atoms with Gasteiger partial charge < -0.3 is 14.7 Å². The highest BCUT2D eigenvalue weighted by atomic mass is 16.6. The number of nitrogens with zero attached hydrogens (tertiary/aromatic N) is 2. The fraction of sp³-hybridized carbons (Fsp3) is 0.429. The SMILES string of the molecule is CCCN(CC(=O)O)C(=O)c1cc(OCC)ccc1[N+](=O)[O-]. The van der Waals surface area contributed by atoms with Crippen molar-refractivity contribution in [2.24, 2.45) is 0 Å². The molecule has 1 amide bonds. The number of carbonyl (C=O) groups is 2. The maximum atomic E-state index is 12.5. The van der Waals surface area contributed by atoms with Crippen molar-refractivity contribution in [1.82, 2.24) is 4.90 Å². The number of hydrogen-bond acceptors (Lipinski definition) is 5. The van der Waals surface area contributed by atoms with E-state index in [2.05, 4.69) is 0 Å². The van der Waals surface area contributed by atoms with E-state index >= 15 is 0 Å². The van der Waals surface area contributed by atoms with E-state index < -0.39 is 23.3 Å². The van der Waals surface area contributed by atoms with Crippen molar-refractivity contribution < 1.29 is 24.4 Å². The van der Waals surface area contributed by atoms with Crippen LogP contribution in [0.25, 0.3) is 0 Å². The summed E-state index contributed by atoms with van der Waals surface area (Å²) in [4.78, 5) is 34.8. The Labute approximate surface area is 127 Å². The lowest BCUT2D eigenvalue weighted by atomic mass is 10.1. The second-order valence-electron chi connectivity index (χ2n) is 4.49. The normalized spacial score (nSPS) is 10.1. The topological polar surface area (TPSA) is 110 Å². The first kappa shape index (κ1) is 17.4. The molecule has 0 saturated carbocycles. The van der Waals surface area contributed by atoms with Gasteiger partial charge in [0.25, 0.3) is 11.6 Å². The van der Waals surface area contributed by atoms with Crippen molar-refractivity contribution in [3.63, 3.8) is 0 Å². The molecule has 0 atom stereocenters. The van der Waals surface area contributed by atoms with Crippen LogP contribution in [-0.2, 0) is 4.79 Å². The molecule has 1 aromatic rings. The quantitative estimate of drug-likeness (QED) is 0.580. The number of rotatable bonds is 8. The van der Waals surface area contributed by atoms with E-state index in [4.69, 9.17) is 9.84 Å². The van der Waals surface area contributed by atoms with Gasteiger partial charge in [-0.15, -0.1) is 0 Å². The van der Waals surface area contributed by atoms with Gasteiger partial charge in [0, 0.05) is 12.6 Å². The third kappa shape index (κ3) is 4.44. The van der Waals surface area contributed by atoms with Crippen LogP contribution in [-0.4, -0.2) is 46.5 Å². The third-order valence-corrected chi connectivity index (χ3v) is 2.81. The number of aliphatic carboxylic acids is 1. The van der Waals surface area contributed by atoms with Gasteiger partial charge in [0.2, 0.25) is 0 Å². The largest absolute Gasteiger partial charge is 0.494 e. The lowest BCUT2D eigenvalue weighted by Crippen LogP contribution is -2.36. The van der Waals surface area contributed by atoms with Crippen LogP contribution in [0.4, 0.5) is 5.69 Å². The molecule has 0 radical (unpaired) electrons. The maximum Gasteiger partial charge on any atom is 0.323 e. The number of hydrogen-bond donors (Lipinski definition) is 1. The first-order valence-electron chi connectivity index (χ1n) is 6.83. The van der Waals surface area contributed by atoms with Crippen LogP contribution in [0.2, 0.25) is 0 Å². The van der Waals surface area contributed by atoms with Gasteiger partial charge in [-0.2, -0.15) is 0 Å². The van der Waals surface area contributed by atoms with E-state index in [1.54, 1.807) is 13.8 Å². The Morgan fingerprint density at radius 1 is 1.36 bits per heavy atom. The number of nitro benzene ring substituents is 1. The fourth-order valence-corrected chi connectivity index (χ4v) is 1.96. The molecule has 0 bridgehead atoms. The molecule has 0 fully saturated rings. The Kier molecular flexibility index (Phi) is 6.30. The zero-order valence-electron chi connectivity index (χ0n) is 12.4. The minimum atomic E-state index is -1.18. The molecular formula is C14H18N2O6. The predicted octanol–water partition coefficient (Wildman–Crippen LogP) is 1.93. The average molecular weight is 310 g/mol. The summed E-state index contributed by atoms with van der Waals surface area (Å²) in [7, 11) is 0. The number of carboxylic acids is 1. The van der Waals surface area contributed by atoms with Crippen LogP contribution in [0, 0.1) is 10.1 Å². The van der Waals surface area contributed by atoms with Crippen molar-refractivity contribution >= 4 is 17.6 Å². The monoisotopic (exact) mass is 310 g/mol. The number of amides is 1. The summed E-state index contributed by atoms with van der Waals surface area (Å²) in [5, 5.41) is 19.9. The second kappa shape index (κ2) is 7.96. The van der Waals surface area contributed by atoms with E-state index in [9.17, 15) is 19.7 Å². The highest BCUT2D eigenvalue weighted by Gasteiger charge is 2.26. The summed E-state index contributed by atoms with van der Waals surface area (Å²) in [6.07, 6.45) is 0.540. The van der Waals surface area contributed by atoms with Gasteiger partial charge in [-0.05, 0) is 25.5 Å². The van der Waals surface area contributed by atoms with Crippen LogP contribution < -0.4 is 4.74 Å². The molecule has 0 heterocycles. The smallest absolute Gasteiger partial charge is 0.323 e. The molecule has 1 aromatic carbocycles. The maximum absolute atomic E-state index is 12.5. The summed E-state index contributed by atoms with van der Waals surface area (Å²) >= 11 is 0. The first-order chi connectivity index (χ1) is 10.4. The Morgan fingerprint density at radius 3 is 2.55 bits per heavy atom. The van der Waals surface area contributed by atoms with E-state index in [1.807, 2.05) is 0 Å². The van der Waals surface area contributed by atoms with Gasteiger partial charge in [0.1, 0.15) is 17.9 Å². The number of ether oxygens (including phenoxy) is 1. The van der Waals surface area contributed by atoms with E-state index in [0.29, 0.717) is 18.8 Å². The van der Waals surface area contributed by atoms with E-state index in [-0.39, 0.29) is 17.8 Å². The van der Waals surface area contributed by atoms with Gasteiger partial charge in [-0.1, -0.05) is 6.92 Å². The Morgan fingerprint density at radius 2 is 2.05 bits per heavy atom. The molecule has 0 unspecified atom stereocenters. The molecule has 0 aliphatic rings. The standard InChI is InChI=1S/C14H18N2O6/c1-3-7-15(9-13(17)18)14(19)11-8-10(22-4-2)5-6-12(11)16(20)21/h5-6,8H,3-4,7,9H2,1-2H3,(H,17,18). The first-order valence-corrected chi connectivity index (χ1v) is 6.83. The van der Waals surface area contributed by atoms with Gasteiger partial charge >= 0.3 is 5.97 Å². The third-order valence-electron chi connectivity index (χ3n) is 2.81. The van der Waals surface area contributed by atoms with Crippen molar-refractivity contribution in [3.05, 3.63) is 33.9 Å². The Hall–Kier alpha value is -2.64. The lowest BCUT2D eigenvalue weighted by molar-refractivity contribution is -0.385. The number of benzene rings is 1. The average Bonchev–Trinajstić information content (AvgIpc) is 2.45. The van der Waals surface area contributed by atoms with E-state index in [1.165, 1.54) is 18.2 Å². The van der Waals surface area contributed by atoms with Gasteiger partial charge in [0.05, 0.1) is 11.5 Å². The molecule has 1 rings (SSSR count). The molecule has 8 heteroatoms. The zero-order chi connectivity index (χ0) is 16.7. The van der Waals surface area contributed by atoms with Crippen molar-refractivity contribution in [2.45, 2.75) is 20.3 Å². The molecule has 0 spiro atoms. The number of carboxylic acid groups (broad SMARTS) is 1. The van der Waals surface area contributed by atoms with Crippen molar-refractivity contribution in [1.29, 1.82) is 0 Å². The Balaban J connectivity index is 3.23. The van der Waals surface area contributed by atoms with Gasteiger partial charge in [-0.25, -0.2) is 0 Å². The molecule has 0 saturated heterocycles. The number of carbonyl (C=O) groups excluding carboxylic acids is 1. The molecular weight excluding hydrogens is 292 g/mol.